The second-order valence-electron chi connectivity index (χ2n) is 8.21. The lowest BCUT2D eigenvalue weighted by Crippen LogP contribution is -2.52. The first-order valence-corrected chi connectivity index (χ1v) is 11.6. The maximum atomic E-state index is 13.4. The molecule has 1 fully saturated rings. The van der Waals surface area contributed by atoms with Gasteiger partial charge in [0.2, 0.25) is 0 Å². The Balaban J connectivity index is 1.49. The third kappa shape index (κ3) is 4.79. The fourth-order valence-electron chi connectivity index (χ4n) is 4.33. The van der Waals surface area contributed by atoms with Crippen molar-refractivity contribution in [3.8, 4) is 0 Å². The third-order valence-electron chi connectivity index (χ3n) is 5.93. The van der Waals surface area contributed by atoms with E-state index >= 15 is 0 Å². The summed E-state index contributed by atoms with van der Waals surface area (Å²) in [5, 5.41) is 1.96. The number of likely N-dealkylation sites (tertiary alicyclic amines) is 1. The lowest BCUT2D eigenvalue weighted by molar-refractivity contribution is 0.0935. The second-order valence-corrected chi connectivity index (χ2v) is 9.16. The molecule has 0 unspecified atom stereocenters. The number of pyridine rings is 1. The molecule has 30 heavy (non-hydrogen) atoms. The van der Waals surface area contributed by atoms with Gasteiger partial charge in [0.1, 0.15) is 5.82 Å². The summed E-state index contributed by atoms with van der Waals surface area (Å²) >= 11 is 1.50. The normalized spacial score (nSPS) is 19.5. The summed E-state index contributed by atoms with van der Waals surface area (Å²) in [5.74, 6) is 1.21. The zero-order chi connectivity index (χ0) is 20.9. The van der Waals surface area contributed by atoms with E-state index in [1.54, 1.807) is 6.20 Å². The van der Waals surface area contributed by atoms with Crippen molar-refractivity contribution < 1.29 is 4.79 Å². The van der Waals surface area contributed by atoms with E-state index in [1.807, 2.05) is 34.5 Å². The summed E-state index contributed by atoms with van der Waals surface area (Å²) in [7, 11) is 0. The fourth-order valence-corrected chi connectivity index (χ4v) is 4.99. The van der Waals surface area contributed by atoms with Crippen LogP contribution in [0.1, 0.15) is 34.1 Å². The van der Waals surface area contributed by atoms with E-state index in [0.717, 1.165) is 48.7 Å². The molecule has 2 atom stereocenters. The smallest absolute Gasteiger partial charge is 0.269 e. The van der Waals surface area contributed by atoms with E-state index in [-0.39, 0.29) is 11.9 Å². The Bertz CT molecular complexity index is 958. The van der Waals surface area contributed by atoms with E-state index in [2.05, 4.69) is 54.1 Å². The van der Waals surface area contributed by atoms with Crippen LogP contribution in [-0.4, -0.2) is 41.5 Å². The average Bonchev–Trinajstić information content (AvgIpc) is 3.30. The van der Waals surface area contributed by atoms with Crippen LogP contribution >= 0.6 is 11.3 Å². The number of nitrogens with zero attached hydrogens (tertiary/aromatic N) is 3. The number of aryl methyl sites for hydroxylation is 1. The Hall–Kier alpha value is -2.50. The number of amides is 1. The largest absolute Gasteiger partial charge is 0.303 e. The lowest BCUT2D eigenvalue weighted by Gasteiger charge is -2.42. The number of anilines is 1. The van der Waals surface area contributed by atoms with Crippen LogP contribution in [0.3, 0.4) is 0 Å². The molecule has 3 aromatic rings. The van der Waals surface area contributed by atoms with E-state index in [4.69, 9.17) is 0 Å². The topological polar surface area (TPSA) is 36.4 Å². The minimum Gasteiger partial charge on any atom is -0.303 e. The van der Waals surface area contributed by atoms with Gasteiger partial charge in [-0.1, -0.05) is 43.3 Å². The number of carbonyl (C=O) groups excluding carboxylic acids is 1. The van der Waals surface area contributed by atoms with Crippen molar-refractivity contribution in [2.75, 3.05) is 24.5 Å². The first kappa shape index (κ1) is 20.8. The minimum absolute atomic E-state index is 0.0673. The highest BCUT2D eigenvalue weighted by Crippen LogP contribution is 2.29. The molecular weight excluding hydrogens is 390 g/mol. The van der Waals surface area contributed by atoms with Gasteiger partial charge in [0, 0.05) is 31.9 Å². The summed E-state index contributed by atoms with van der Waals surface area (Å²) in [5.41, 5.74) is 2.50. The molecule has 1 aromatic carbocycles. The minimum atomic E-state index is 0.0673. The predicted octanol–water partition coefficient (Wildman–Crippen LogP) is 5.05. The number of piperidine rings is 1. The molecule has 156 valence electrons. The van der Waals surface area contributed by atoms with Gasteiger partial charge in [-0.3, -0.25) is 9.69 Å². The highest BCUT2D eigenvalue weighted by atomic mass is 32.1. The molecule has 2 aromatic heterocycles. The average molecular weight is 420 g/mol. The van der Waals surface area contributed by atoms with Crippen molar-refractivity contribution in [1.82, 2.24) is 9.88 Å². The van der Waals surface area contributed by atoms with Gasteiger partial charge in [0.05, 0.1) is 4.88 Å². The summed E-state index contributed by atoms with van der Waals surface area (Å²) in [6.07, 6.45) is 3.83. The Labute approximate surface area is 183 Å². The molecule has 4 nitrogen and oxygen atoms in total. The van der Waals surface area contributed by atoms with E-state index in [0.29, 0.717) is 5.92 Å². The number of thiophene rings is 1. The van der Waals surface area contributed by atoms with Crippen molar-refractivity contribution in [2.24, 2.45) is 5.92 Å². The van der Waals surface area contributed by atoms with Crippen molar-refractivity contribution >= 4 is 23.1 Å². The molecule has 0 spiro atoms. The summed E-state index contributed by atoms with van der Waals surface area (Å²) in [6, 6.07) is 18.7. The number of rotatable bonds is 6. The van der Waals surface area contributed by atoms with Crippen molar-refractivity contribution in [3.05, 3.63) is 82.2 Å². The molecule has 0 aliphatic carbocycles. The molecule has 0 radical (unpaired) electrons. The van der Waals surface area contributed by atoms with E-state index in [9.17, 15) is 4.79 Å². The van der Waals surface area contributed by atoms with Crippen molar-refractivity contribution in [3.63, 3.8) is 0 Å². The SMILES string of the molecule is Cc1ccnc(N(C(=O)c2cccs2)[C@H]2CCN(CCc3ccccc3)C[C@H]2C)c1. The standard InChI is InChI=1S/C25H29N3OS/c1-19-10-13-26-24(17-19)28(25(29)23-9-6-16-30-23)22-12-15-27(18-20(22)2)14-11-21-7-4-3-5-8-21/h3-10,13,16-17,20,22H,11-12,14-15,18H2,1-2H3/t20-,22+/m1/s1. The van der Waals surface area contributed by atoms with Gasteiger partial charge in [-0.2, -0.15) is 0 Å². The van der Waals surface area contributed by atoms with Crippen LogP contribution in [0.2, 0.25) is 0 Å². The molecule has 5 heteroatoms. The van der Waals surface area contributed by atoms with Gasteiger partial charge in [-0.15, -0.1) is 11.3 Å². The van der Waals surface area contributed by atoms with Gasteiger partial charge < -0.3 is 4.90 Å². The predicted molar refractivity (Wildman–Crippen MR) is 124 cm³/mol. The number of carbonyl (C=O) groups is 1. The van der Waals surface area contributed by atoms with Crippen LogP contribution in [0, 0.1) is 12.8 Å². The lowest BCUT2D eigenvalue weighted by atomic mass is 9.91. The fraction of sp³-hybridized carbons (Fsp3) is 0.360. The quantitative estimate of drug-likeness (QED) is 0.561. The van der Waals surface area contributed by atoms with Crippen LogP contribution in [0.15, 0.2) is 66.2 Å². The van der Waals surface area contributed by atoms with Crippen LogP contribution in [0.5, 0.6) is 0 Å². The summed E-state index contributed by atoms with van der Waals surface area (Å²) in [6.45, 7) is 7.38. The van der Waals surface area contributed by atoms with Gasteiger partial charge in [0.25, 0.3) is 5.91 Å². The molecular formula is C25H29N3OS. The van der Waals surface area contributed by atoms with Crippen molar-refractivity contribution in [2.45, 2.75) is 32.7 Å². The zero-order valence-electron chi connectivity index (χ0n) is 17.7. The Kier molecular flexibility index (Phi) is 6.60. The number of aromatic nitrogens is 1. The van der Waals surface area contributed by atoms with E-state index in [1.165, 1.54) is 16.9 Å². The molecule has 0 saturated carbocycles. The Morgan fingerprint density at radius 1 is 1.20 bits per heavy atom. The maximum absolute atomic E-state index is 13.4. The molecule has 4 rings (SSSR count). The summed E-state index contributed by atoms with van der Waals surface area (Å²) < 4.78 is 0. The number of hydrogen-bond acceptors (Lipinski definition) is 4. The summed E-state index contributed by atoms with van der Waals surface area (Å²) in [4.78, 5) is 23.3. The van der Waals surface area contributed by atoms with Gasteiger partial charge in [0.15, 0.2) is 0 Å². The molecule has 1 aliphatic heterocycles. The van der Waals surface area contributed by atoms with Gasteiger partial charge in [-0.05, 0) is 60.4 Å². The Morgan fingerprint density at radius 3 is 2.73 bits per heavy atom. The van der Waals surface area contributed by atoms with E-state index < -0.39 is 0 Å². The highest BCUT2D eigenvalue weighted by Gasteiger charge is 2.35. The van der Waals surface area contributed by atoms with Crippen LogP contribution in [0.4, 0.5) is 5.82 Å². The second kappa shape index (κ2) is 9.54. The molecule has 1 amide bonds. The van der Waals surface area contributed by atoms with Crippen LogP contribution in [0.25, 0.3) is 0 Å². The molecule has 1 saturated heterocycles. The molecule has 3 heterocycles. The molecule has 0 bridgehead atoms. The number of benzene rings is 1. The van der Waals surface area contributed by atoms with Crippen molar-refractivity contribution in [1.29, 1.82) is 0 Å². The molecule has 0 N–H and O–H groups in total. The first-order chi connectivity index (χ1) is 14.6. The highest BCUT2D eigenvalue weighted by molar-refractivity contribution is 7.12. The molecule has 1 aliphatic rings. The van der Waals surface area contributed by atoms with Crippen LogP contribution in [-0.2, 0) is 6.42 Å². The van der Waals surface area contributed by atoms with Crippen LogP contribution < -0.4 is 4.90 Å². The first-order valence-electron chi connectivity index (χ1n) is 10.7. The monoisotopic (exact) mass is 419 g/mol. The maximum Gasteiger partial charge on any atom is 0.269 e. The zero-order valence-corrected chi connectivity index (χ0v) is 18.5. The van der Waals surface area contributed by atoms with Gasteiger partial charge in [-0.25, -0.2) is 4.98 Å². The van der Waals surface area contributed by atoms with Gasteiger partial charge >= 0.3 is 0 Å². The Morgan fingerprint density at radius 2 is 2.03 bits per heavy atom. The number of hydrogen-bond donors (Lipinski definition) is 0. The third-order valence-corrected chi connectivity index (χ3v) is 6.79.